The normalized spacial score (nSPS) is 17.5. The van der Waals surface area contributed by atoms with Gasteiger partial charge in [-0.3, -0.25) is 4.98 Å². The van der Waals surface area contributed by atoms with E-state index in [0.29, 0.717) is 30.3 Å². The summed E-state index contributed by atoms with van der Waals surface area (Å²) in [6.07, 6.45) is 6.31. The quantitative estimate of drug-likeness (QED) is 0.601. The number of carboxylic acids is 1. The van der Waals surface area contributed by atoms with E-state index in [1.54, 1.807) is 0 Å². The summed E-state index contributed by atoms with van der Waals surface area (Å²) in [7, 11) is -3.98. The molecule has 1 aliphatic heterocycles. The van der Waals surface area contributed by atoms with E-state index in [1.807, 2.05) is 0 Å². The summed E-state index contributed by atoms with van der Waals surface area (Å²) >= 11 is 0. The van der Waals surface area contributed by atoms with Crippen molar-refractivity contribution in [1.82, 2.24) is 24.4 Å². The Hall–Kier alpha value is -3.25. The lowest BCUT2D eigenvalue weighted by Gasteiger charge is -2.31. The highest BCUT2D eigenvalue weighted by Crippen LogP contribution is 2.27. The minimum atomic E-state index is -3.98. The van der Waals surface area contributed by atoms with E-state index in [9.17, 15) is 17.6 Å². The maximum absolute atomic E-state index is 13.7. The molecule has 162 valence electrons. The minimum absolute atomic E-state index is 0.0712. The summed E-state index contributed by atoms with van der Waals surface area (Å²) < 4.78 is 46.2. The molecular formula is C19H18FN5O5S. The number of rotatable bonds is 6. The zero-order valence-corrected chi connectivity index (χ0v) is 17.0. The van der Waals surface area contributed by atoms with Gasteiger partial charge in [0.05, 0.1) is 16.7 Å². The molecule has 1 atom stereocenters. The molecule has 0 amide bonds. The maximum atomic E-state index is 13.7. The Morgan fingerprint density at radius 2 is 2.16 bits per heavy atom. The fraction of sp³-hybridized carbons (Fsp3) is 0.316. The van der Waals surface area contributed by atoms with Gasteiger partial charge in [-0.25, -0.2) is 22.6 Å². The molecule has 0 spiro atoms. The summed E-state index contributed by atoms with van der Waals surface area (Å²) in [6, 6.07) is 2.78. The molecule has 10 nitrogen and oxygen atoms in total. The van der Waals surface area contributed by atoms with Crippen LogP contribution in [0.15, 0.2) is 46.2 Å². The van der Waals surface area contributed by atoms with Gasteiger partial charge in [-0.05, 0) is 37.0 Å². The van der Waals surface area contributed by atoms with Crippen molar-refractivity contribution in [3.05, 3.63) is 54.1 Å². The van der Waals surface area contributed by atoms with Gasteiger partial charge in [-0.2, -0.15) is 9.29 Å². The Bertz CT molecular complexity index is 1200. The van der Waals surface area contributed by atoms with Crippen molar-refractivity contribution in [2.75, 3.05) is 13.1 Å². The van der Waals surface area contributed by atoms with Crippen molar-refractivity contribution in [1.29, 1.82) is 0 Å². The van der Waals surface area contributed by atoms with E-state index in [-0.39, 0.29) is 23.9 Å². The van der Waals surface area contributed by atoms with Crippen LogP contribution in [0, 0.1) is 11.7 Å². The Morgan fingerprint density at radius 3 is 2.90 bits per heavy atom. The molecule has 1 saturated heterocycles. The Labute approximate surface area is 176 Å². The minimum Gasteiger partial charge on any atom is -0.478 e. The van der Waals surface area contributed by atoms with Gasteiger partial charge in [0.25, 0.3) is 0 Å². The molecule has 31 heavy (non-hydrogen) atoms. The van der Waals surface area contributed by atoms with Crippen LogP contribution in [-0.2, 0) is 16.4 Å². The number of piperidine rings is 1. The number of aromatic carboxylic acids is 1. The Morgan fingerprint density at radius 1 is 1.32 bits per heavy atom. The van der Waals surface area contributed by atoms with E-state index >= 15 is 0 Å². The summed E-state index contributed by atoms with van der Waals surface area (Å²) in [5, 5.41) is 13.0. The summed E-state index contributed by atoms with van der Waals surface area (Å²) in [6.45, 7) is 0.484. The van der Waals surface area contributed by atoms with Crippen LogP contribution in [0.4, 0.5) is 4.39 Å². The fourth-order valence-corrected chi connectivity index (χ4v) is 5.07. The monoisotopic (exact) mass is 447 g/mol. The number of benzene rings is 1. The number of halogens is 1. The average molecular weight is 447 g/mol. The second-order valence-corrected chi connectivity index (χ2v) is 9.06. The van der Waals surface area contributed by atoms with Gasteiger partial charge >= 0.3 is 5.97 Å². The molecule has 4 rings (SSSR count). The molecule has 1 fully saturated rings. The maximum Gasteiger partial charge on any atom is 0.338 e. The highest BCUT2D eigenvalue weighted by molar-refractivity contribution is 7.89. The lowest BCUT2D eigenvalue weighted by Crippen LogP contribution is -2.40. The third-order valence-electron chi connectivity index (χ3n) is 5.01. The van der Waals surface area contributed by atoms with E-state index in [0.717, 1.165) is 24.6 Å². The lowest BCUT2D eigenvalue weighted by molar-refractivity contribution is 0.0691. The van der Waals surface area contributed by atoms with Crippen LogP contribution in [0.5, 0.6) is 0 Å². The topological polar surface area (TPSA) is 139 Å². The highest BCUT2D eigenvalue weighted by atomic mass is 32.2. The van der Waals surface area contributed by atoms with E-state index in [1.165, 1.54) is 22.9 Å². The number of aromatic nitrogens is 4. The number of nitrogens with zero attached hydrogens (tertiary/aromatic N) is 5. The standard InChI is InChI=1S/C19H18FN5O5S/c20-15-4-3-13(9-14(15)19(26)27)31(28,29)25-7-1-2-12(11-25)8-17-23-18(24-30-17)16-10-21-5-6-22-16/h3-6,9-10,12H,1-2,7-8,11H2,(H,26,27)/t12-/m1/s1. The van der Waals surface area contributed by atoms with Crippen molar-refractivity contribution in [2.24, 2.45) is 5.92 Å². The number of carboxylic acid groups (broad SMARTS) is 1. The lowest BCUT2D eigenvalue weighted by atomic mass is 9.96. The fourth-order valence-electron chi connectivity index (χ4n) is 3.49. The van der Waals surface area contributed by atoms with E-state index in [2.05, 4.69) is 20.1 Å². The number of carbonyl (C=O) groups is 1. The van der Waals surface area contributed by atoms with Gasteiger partial charge < -0.3 is 9.63 Å². The second kappa shape index (κ2) is 8.47. The predicted octanol–water partition coefficient (Wildman–Crippen LogP) is 2.01. The predicted molar refractivity (Wildman–Crippen MR) is 104 cm³/mol. The molecule has 0 unspecified atom stereocenters. The highest BCUT2D eigenvalue weighted by Gasteiger charge is 2.32. The van der Waals surface area contributed by atoms with Crippen LogP contribution >= 0.6 is 0 Å². The van der Waals surface area contributed by atoms with Crippen LogP contribution in [0.25, 0.3) is 11.5 Å². The average Bonchev–Trinajstić information content (AvgIpc) is 3.23. The zero-order valence-electron chi connectivity index (χ0n) is 16.2. The Balaban J connectivity index is 1.49. The van der Waals surface area contributed by atoms with E-state index in [4.69, 9.17) is 9.63 Å². The molecule has 0 saturated carbocycles. The van der Waals surface area contributed by atoms with E-state index < -0.39 is 27.4 Å². The number of hydrogen-bond donors (Lipinski definition) is 1. The first-order chi connectivity index (χ1) is 14.8. The molecule has 1 aliphatic rings. The third kappa shape index (κ3) is 4.44. The molecule has 3 aromatic rings. The molecule has 0 aliphatic carbocycles. The van der Waals surface area contributed by atoms with Gasteiger partial charge in [0.2, 0.25) is 21.7 Å². The van der Waals surface area contributed by atoms with Crippen molar-refractivity contribution in [3.8, 4) is 11.5 Å². The molecule has 1 aromatic carbocycles. The van der Waals surface area contributed by atoms with Crippen molar-refractivity contribution < 1.29 is 27.2 Å². The third-order valence-corrected chi connectivity index (χ3v) is 6.87. The van der Waals surface area contributed by atoms with Gasteiger partial charge in [0.1, 0.15) is 11.5 Å². The summed E-state index contributed by atoms with van der Waals surface area (Å²) in [5.74, 6) is -1.92. The first-order valence-electron chi connectivity index (χ1n) is 9.46. The summed E-state index contributed by atoms with van der Waals surface area (Å²) in [5.41, 5.74) is -0.215. The molecule has 0 radical (unpaired) electrons. The van der Waals surface area contributed by atoms with Crippen LogP contribution < -0.4 is 0 Å². The second-order valence-electron chi connectivity index (χ2n) is 7.12. The number of sulfonamides is 1. The Kier molecular flexibility index (Phi) is 5.74. The molecule has 1 N–H and O–H groups in total. The molecule has 3 heterocycles. The summed E-state index contributed by atoms with van der Waals surface area (Å²) in [4.78, 5) is 23.3. The largest absolute Gasteiger partial charge is 0.478 e. The zero-order chi connectivity index (χ0) is 22.0. The van der Waals surface area contributed by atoms with Crippen LogP contribution in [0.3, 0.4) is 0 Å². The first kappa shape index (κ1) is 21.0. The SMILES string of the molecule is O=C(O)c1cc(S(=O)(=O)N2CCC[C@H](Cc3nc(-c4cnccn4)no3)C2)ccc1F. The number of hydrogen-bond acceptors (Lipinski definition) is 8. The molecule has 2 aromatic heterocycles. The molecule has 0 bridgehead atoms. The van der Waals surface area contributed by atoms with Crippen LogP contribution in [0.2, 0.25) is 0 Å². The molecular weight excluding hydrogens is 429 g/mol. The first-order valence-corrected chi connectivity index (χ1v) is 10.9. The van der Waals surface area contributed by atoms with Crippen LogP contribution in [0.1, 0.15) is 29.1 Å². The van der Waals surface area contributed by atoms with Gasteiger partial charge in [0.15, 0.2) is 0 Å². The van der Waals surface area contributed by atoms with Crippen molar-refractivity contribution in [3.63, 3.8) is 0 Å². The molecule has 12 heteroatoms. The van der Waals surface area contributed by atoms with Gasteiger partial charge in [0, 0.05) is 31.9 Å². The van der Waals surface area contributed by atoms with Crippen LogP contribution in [-0.4, -0.2) is 57.0 Å². The van der Waals surface area contributed by atoms with Gasteiger partial charge in [-0.15, -0.1) is 0 Å². The van der Waals surface area contributed by atoms with Crippen molar-refractivity contribution >= 4 is 16.0 Å². The smallest absolute Gasteiger partial charge is 0.338 e. The van der Waals surface area contributed by atoms with Crippen molar-refractivity contribution in [2.45, 2.75) is 24.2 Å². The van der Waals surface area contributed by atoms with Gasteiger partial charge in [-0.1, -0.05) is 5.16 Å².